The fraction of sp³-hybridized carbons (Fsp3) is 0.500. The molecule has 0 saturated carbocycles. The summed E-state index contributed by atoms with van der Waals surface area (Å²) in [6.45, 7) is 1.60. The summed E-state index contributed by atoms with van der Waals surface area (Å²) in [5.41, 5.74) is 1.01. The van der Waals surface area contributed by atoms with Crippen LogP contribution in [0.15, 0.2) is 22.7 Å². The first kappa shape index (κ1) is 14.3. The number of nitrogens with zero attached hydrogens (tertiary/aromatic N) is 2. The van der Waals surface area contributed by atoms with Crippen LogP contribution in [0.25, 0.3) is 0 Å². The molecule has 0 aliphatic carbocycles. The van der Waals surface area contributed by atoms with Crippen LogP contribution in [0.2, 0.25) is 0 Å². The average Bonchev–Trinajstić information content (AvgIpc) is 2.81. The molecule has 0 bridgehead atoms. The number of phenols is 1. The van der Waals surface area contributed by atoms with Crippen LogP contribution in [0.4, 0.5) is 0 Å². The molecule has 1 amide bonds. The molecular formula is C14H19BrN2O2. The topological polar surface area (TPSA) is 43.8 Å². The molecule has 104 valence electrons. The number of phenolic OH excluding ortho intramolecular Hbond substituents is 1. The summed E-state index contributed by atoms with van der Waals surface area (Å²) >= 11 is 3.49. The molecule has 2 rings (SSSR count). The van der Waals surface area contributed by atoms with Crippen molar-refractivity contribution in [3.05, 3.63) is 28.2 Å². The molecular weight excluding hydrogens is 308 g/mol. The Morgan fingerprint density at radius 2 is 2.26 bits per heavy atom. The van der Waals surface area contributed by atoms with Gasteiger partial charge < -0.3 is 10.0 Å². The second-order valence-electron chi connectivity index (χ2n) is 5.14. The van der Waals surface area contributed by atoms with E-state index in [1.165, 1.54) is 0 Å². The normalized spacial score (nSPS) is 19.6. The van der Waals surface area contributed by atoms with Gasteiger partial charge in [0, 0.05) is 25.1 Å². The number of amides is 1. The van der Waals surface area contributed by atoms with Crippen LogP contribution in [-0.4, -0.2) is 47.5 Å². The Hall–Kier alpha value is -1.07. The number of likely N-dealkylation sites (tertiary alicyclic amines) is 1. The molecule has 4 nitrogen and oxygen atoms in total. The van der Waals surface area contributed by atoms with Crippen molar-refractivity contribution in [2.24, 2.45) is 0 Å². The predicted molar refractivity (Wildman–Crippen MR) is 77.9 cm³/mol. The van der Waals surface area contributed by atoms with Gasteiger partial charge in [0.2, 0.25) is 5.91 Å². The average molecular weight is 327 g/mol. The maximum absolute atomic E-state index is 12.1. The molecule has 1 aliphatic rings. The molecule has 0 radical (unpaired) electrons. The second kappa shape index (κ2) is 5.92. The summed E-state index contributed by atoms with van der Waals surface area (Å²) in [4.78, 5) is 16.0. The lowest BCUT2D eigenvalue weighted by Gasteiger charge is -2.26. The number of rotatable bonds is 3. The highest BCUT2D eigenvalue weighted by atomic mass is 79.9. The Labute approximate surface area is 122 Å². The standard InChI is InChI=1S/C14H19BrN2O2/c1-16(2)14(19)13-4-3-7-17(13)9-10-8-11(18)5-6-12(10)15/h5-6,8,13,18H,3-4,7,9H2,1-2H3. The second-order valence-corrected chi connectivity index (χ2v) is 5.99. The highest BCUT2D eigenvalue weighted by Gasteiger charge is 2.31. The quantitative estimate of drug-likeness (QED) is 0.926. The maximum atomic E-state index is 12.1. The molecule has 0 aromatic heterocycles. The fourth-order valence-electron chi connectivity index (χ4n) is 2.49. The molecule has 1 atom stereocenters. The van der Waals surface area contributed by atoms with Gasteiger partial charge in [-0.15, -0.1) is 0 Å². The number of carbonyl (C=O) groups is 1. The number of likely N-dealkylation sites (N-methyl/N-ethyl adjacent to an activating group) is 1. The Morgan fingerprint density at radius 3 is 2.95 bits per heavy atom. The van der Waals surface area contributed by atoms with Gasteiger partial charge in [-0.05, 0) is 43.1 Å². The lowest BCUT2D eigenvalue weighted by molar-refractivity contribution is -0.133. The van der Waals surface area contributed by atoms with Crippen molar-refractivity contribution in [3.63, 3.8) is 0 Å². The number of hydrogen-bond acceptors (Lipinski definition) is 3. The highest BCUT2D eigenvalue weighted by Crippen LogP contribution is 2.27. The van der Waals surface area contributed by atoms with E-state index in [9.17, 15) is 9.90 Å². The van der Waals surface area contributed by atoms with Crippen LogP contribution >= 0.6 is 15.9 Å². The Morgan fingerprint density at radius 1 is 1.53 bits per heavy atom. The molecule has 0 spiro atoms. The molecule has 1 aromatic rings. The summed E-state index contributed by atoms with van der Waals surface area (Å²) in [6, 6.07) is 5.20. The van der Waals surface area contributed by atoms with Crippen molar-refractivity contribution in [2.45, 2.75) is 25.4 Å². The summed E-state index contributed by atoms with van der Waals surface area (Å²) in [6.07, 6.45) is 1.95. The SMILES string of the molecule is CN(C)C(=O)C1CCCN1Cc1cc(O)ccc1Br. The molecule has 1 fully saturated rings. The van der Waals surface area contributed by atoms with Gasteiger partial charge in [-0.2, -0.15) is 0 Å². The van der Waals surface area contributed by atoms with Crippen LogP contribution in [-0.2, 0) is 11.3 Å². The minimum absolute atomic E-state index is 0.0377. The molecule has 19 heavy (non-hydrogen) atoms. The van der Waals surface area contributed by atoms with Crippen LogP contribution in [0, 0.1) is 0 Å². The van der Waals surface area contributed by atoms with Crippen molar-refractivity contribution in [1.29, 1.82) is 0 Å². The molecule has 1 N–H and O–H groups in total. The van der Waals surface area contributed by atoms with Gasteiger partial charge in [0.05, 0.1) is 6.04 Å². The largest absolute Gasteiger partial charge is 0.508 e. The lowest BCUT2D eigenvalue weighted by atomic mass is 10.1. The minimum atomic E-state index is -0.0377. The van der Waals surface area contributed by atoms with E-state index >= 15 is 0 Å². The highest BCUT2D eigenvalue weighted by molar-refractivity contribution is 9.10. The van der Waals surface area contributed by atoms with Crippen molar-refractivity contribution >= 4 is 21.8 Å². The van der Waals surface area contributed by atoms with Crippen LogP contribution in [0.1, 0.15) is 18.4 Å². The number of aromatic hydroxyl groups is 1. The zero-order valence-corrected chi connectivity index (χ0v) is 12.9. The summed E-state index contributed by atoms with van der Waals surface area (Å²) in [5, 5.41) is 9.56. The first-order chi connectivity index (χ1) is 8.99. The van der Waals surface area contributed by atoms with Crippen molar-refractivity contribution in [2.75, 3.05) is 20.6 Å². The number of carbonyl (C=O) groups excluding carboxylic acids is 1. The number of benzene rings is 1. The van der Waals surface area contributed by atoms with Gasteiger partial charge in [0.25, 0.3) is 0 Å². The van der Waals surface area contributed by atoms with E-state index in [0.29, 0.717) is 6.54 Å². The van der Waals surface area contributed by atoms with Crippen molar-refractivity contribution in [3.8, 4) is 5.75 Å². The van der Waals surface area contributed by atoms with Gasteiger partial charge in [-0.25, -0.2) is 0 Å². The Bertz CT molecular complexity index is 477. The zero-order valence-electron chi connectivity index (χ0n) is 11.3. The van der Waals surface area contributed by atoms with Gasteiger partial charge in [0.1, 0.15) is 5.75 Å². The van der Waals surface area contributed by atoms with Crippen molar-refractivity contribution < 1.29 is 9.90 Å². The monoisotopic (exact) mass is 326 g/mol. The Kier molecular flexibility index (Phi) is 4.47. The van der Waals surface area contributed by atoms with E-state index in [2.05, 4.69) is 20.8 Å². The van der Waals surface area contributed by atoms with Gasteiger partial charge in [-0.3, -0.25) is 9.69 Å². The molecule has 1 aromatic carbocycles. The van der Waals surface area contributed by atoms with Crippen LogP contribution < -0.4 is 0 Å². The van der Waals surface area contributed by atoms with E-state index in [-0.39, 0.29) is 17.7 Å². The van der Waals surface area contributed by atoms with E-state index in [4.69, 9.17) is 0 Å². The smallest absolute Gasteiger partial charge is 0.239 e. The van der Waals surface area contributed by atoms with Crippen LogP contribution in [0.5, 0.6) is 5.75 Å². The third-order valence-corrected chi connectivity index (χ3v) is 4.27. The maximum Gasteiger partial charge on any atom is 0.239 e. The van der Waals surface area contributed by atoms with Gasteiger partial charge in [0.15, 0.2) is 0 Å². The van der Waals surface area contributed by atoms with E-state index in [1.54, 1.807) is 31.1 Å². The first-order valence-electron chi connectivity index (χ1n) is 6.41. The molecule has 1 heterocycles. The van der Waals surface area contributed by atoms with Crippen molar-refractivity contribution in [1.82, 2.24) is 9.80 Å². The van der Waals surface area contributed by atoms with E-state index in [0.717, 1.165) is 29.4 Å². The Balaban J connectivity index is 2.13. The zero-order chi connectivity index (χ0) is 14.0. The fourth-order valence-corrected chi connectivity index (χ4v) is 2.87. The minimum Gasteiger partial charge on any atom is -0.508 e. The van der Waals surface area contributed by atoms with Gasteiger partial charge in [-0.1, -0.05) is 15.9 Å². The summed E-state index contributed by atoms with van der Waals surface area (Å²) < 4.78 is 0.966. The summed E-state index contributed by atoms with van der Waals surface area (Å²) in [5.74, 6) is 0.418. The van der Waals surface area contributed by atoms with Crippen LogP contribution in [0.3, 0.4) is 0 Å². The third kappa shape index (κ3) is 3.28. The van der Waals surface area contributed by atoms with Gasteiger partial charge >= 0.3 is 0 Å². The number of halogens is 1. The van der Waals surface area contributed by atoms with E-state index in [1.807, 2.05) is 6.07 Å². The molecule has 1 unspecified atom stereocenters. The molecule has 5 heteroatoms. The predicted octanol–water partition coefficient (Wildman–Crippen LogP) is 2.21. The molecule has 1 aliphatic heterocycles. The number of hydrogen-bond donors (Lipinski definition) is 1. The molecule has 1 saturated heterocycles. The third-order valence-electron chi connectivity index (χ3n) is 3.49. The first-order valence-corrected chi connectivity index (χ1v) is 7.21. The lowest BCUT2D eigenvalue weighted by Crippen LogP contribution is -2.42. The summed E-state index contributed by atoms with van der Waals surface area (Å²) in [7, 11) is 3.59. The van der Waals surface area contributed by atoms with E-state index < -0.39 is 0 Å².